The van der Waals surface area contributed by atoms with E-state index in [1.807, 2.05) is 13.0 Å². The molecule has 116 valence electrons. The third-order valence-electron chi connectivity index (χ3n) is 3.99. The fraction of sp³-hybridized carbons (Fsp3) is 0.562. The zero-order valence-corrected chi connectivity index (χ0v) is 12.6. The lowest BCUT2D eigenvalue weighted by Crippen LogP contribution is -2.42. The minimum absolute atomic E-state index is 0.0687. The van der Waals surface area contributed by atoms with Crippen LogP contribution < -0.4 is 16.0 Å². The minimum atomic E-state index is -0.0687. The van der Waals surface area contributed by atoms with E-state index in [1.54, 1.807) is 12.1 Å². The first-order valence-corrected chi connectivity index (χ1v) is 7.72. The van der Waals surface area contributed by atoms with E-state index in [0.717, 1.165) is 25.1 Å². The van der Waals surface area contributed by atoms with Crippen molar-refractivity contribution in [3.05, 3.63) is 23.8 Å². The molecule has 2 rings (SSSR count). The fourth-order valence-electron chi connectivity index (χ4n) is 2.67. The molecule has 1 amide bonds. The van der Waals surface area contributed by atoms with Crippen molar-refractivity contribution in [2.75, 3.05) is 30.3 Å². The summed E-state index contributed by atoms with van der Waals surface area (Å²) in [6, 6.07) is 5.88. The lowest BCUT2D eigenvalue weighted by Gasteiger charge is -2.40. The zero-order valence-electron chi connectivity index (χ0n) is 12.6. The summed E-state index contributed by atoms with van der Waals surface area (Å²) in [7, 11) is 0. The van der Waals surface area contributed by atoms with Crippen LogP contribution in [-0.4, -0.2) is 36.8 Å². The van der Waals surface area contributed by atoms with Gasteiger partial charge in [-0.2, -0.15) is 0 Å². The quantitative estimate of drug-likeness (QED) is 0.669. The van der Waals surface area contributed by atoms with Crippen molar-refractivity contribution in [1.29, 1.82) is 0 Å². The summed E-state index contributed by atoms with van der Waals surface area (Å²) >= 11 is 0. The molecule has 1 aliphatic rings. The third-order valence-corrected chi connectivity index (χ3v) is 3.99. The molecule has 1 aliphatic carbocycles. The molecule has 0 radical (unpaired) electrons. The van der Waals surface area contributed by atoms with Gasteiger partial charge < -0.3 is 21.1 Å². The second-order valence-corrected chi connectivity index (χ2v) is 5.49. The summed E-state index contributed by atoms with van der Waals surface area (Å²) in [5, 5.41) is 12.0. The number of anilines is 2. The maximum atomic E-state index is 12.3. The van der Waals surface area contributed by atoms with Crippen molar-refractivity contribution in [1.82, 2.24) is 5.32 Å². The molecular weight excluding hydrogens is 266 g/mol. The molecular formula is C16H25N3O2. The smallest absolute Gasteiger partial charge is 0.253 e. The van der Waals surface area contributed by atoms with Gasteiger partial charge in [0, 0.05) is 31.4 Å². The molecule has 4 N–H and O–H groups in total. The van der Waals surface area contributed by atoms with Gasteiger partial charge in [-0.1, -0.05) is 0 Å². The van der Waals surface area contributed by atoms with E-state index < -0.39 is 0 Å². The van der Waals surface area contributed by atoms with Gasteiger partial charge in [0.15, 0.2) is 0 Å². The minimum Gasteiger partial charge on any atom is -0.399 e. The van der Waals surface area contributed by atoms with Gasteiger partial charge in [0.05, 0.1) is 11.3 Å². The Kier molecular flexibility index (Phi) is 5.44. The summed E-state index contributed by atoms with van der Waals surface area (Å²) in [6.45, 7) is 3.41. The summed E-state index contributed by atoms with van der Waals surface area (Å²) in [6.07, 6.45) is 4.18. The maximum absolute atomic E-state index is 12.3. The number of aliphatic hydroxyl groups excluding tert-OH is 1. The number of nitrogens with zero attached hydrogens (tertiary/aromatic N) is 1. The standard InChI is InChI=1S/C16H25N3O2/c1-2-18-16(21)14-8-7-12(17)11-15(14)19(9-4-10-20)13-5-3-6-13/h7-8,11,13,20H,2-6,9-10,17H2,1H3,(H,18,21). The molecule has 0 heterocycles. The molecule has 0 saturated heterocycles. The van der Waals surface area contributed by atoms with E-state index in [1.165, 1.54) is 6.42 Å². The van der Waals surface area contributed by atoms with Crippen LogP contribution in [0.15, 0.2) is 18.2 Å². The number of aliphatic hydroxyl groups is 1. The van der Waals surface area contributed by atoms with Crippen LogP contribution in [0.25, 0.3) is 0 Å². The second-order valence-electron chi connectivity index (χ2n) is 5.49. The van der Waals surface area contributed by atoms with Crippen molar-refractivity contribution in [3.8, 4) is 0 Å². The fourth-order valence-corrected chi connectivity index (χ4v) is 2.67. The van der Waals surface area contributed by atoms with Crippen molar-refractivity contribution in [3.63, 3.8) is 0 Å². The van der Waals surface area contributed by atoms with Gasteiger partial charge in [-0.05, 0) is 50.8 Å². The number of nitrogens with two attached hydrogens (primary N) is 1. The average Bonchev–Trinajstić information content (AvgIpc) is 2.41. The van der Waals surface area contributed by atoms with Gasteiger partial charge in [0.1, 0.15) is 0 Å². The lowest BCUT2D eigenvalue weighted by molar-refractivity contribution is 0.0956. The summed E-state index contributed by atoms with van der Waals surface area (Å²) in [4.78, 5) is 14.5. The van der Waals surface area contributed by atoms with Gasteiger partial charge in [0.25, 0.3) is 5.91 Å². The Morgan fingerprint density at radius 2 is 2.24 bits per heavy atom. The van der Waals surface area contributed by atoms with Gasteiger partial charge in [-0.3, -0.25) is 4.79 Å². The largest absolute Gasteiger partial charge is 0.399 e. The number of hydrogen-bond acceptors (Lipinski definition) is 4. The number of benzene rings is 1. The van der Waals surface area contributed by atoms with Crippen molar-refractivity contribution in [2.24, 2.45) is 0 Å². The monoisotopic (exact) mass is 291 g/mol. The highest BCUT2D eigenvalue weighted by Crippen LogP contribution is 2.33. The first kappa shape index (κ1) is 15.6. The van der Waals surface area contributed by atoms with Gasteiger partial charge in [0.2, 0.25) is 0 Å². The highest BCUT2D eigenvalue weighted by molar-refractivity contribution is 6.00. The molecule has 0 spiro atoms. The Balaban J connectivity index is 2.32. The highest BCUT2D eigenvalue weighted by Gasteiger charge is 2.27. The molecule has 1 fully saturated rings. The molecule has 0 aromatic heterocycles. The van der Waals surface area contributed by atoms with E-state index in [2.05, 4.69) is 10.2 Å². The number of nitrogens with one attached hydrogen (secondary N) is 1. The molecule has 5 nitrogen and oxygen atoms in total. The molecule has 0 unspecified atom stereocenters. The Morgan fingerprint density at radius 1 is 1.48 bits per heavy atom. The number of amides is 1. The van der Waals surface area contributed by atoms with Crippen LogP contribution in [0, 0.1) is 0 Å². The summed E-state index contributed by atoms with van der Waals surface area (Å²) in [5.74, 6) is -0.0687. The number of carbonyl (C=O) groups is 1. The molecule has 0 aliphatic heterocycles. The Hall–Kier alpha value is -1.75. The Morgan fingerprint density at radius 3 is 2.81 bits per heavy atom. The molecule has 5 heteroatoms. The molecule has 1 aromatic rings. The van der Waals surface area contributed by atoms with E-state index >= 15 is 0 Å². The molecule has 0 bridgehead atoms. The topological polar surface area (TPSA) is 78.6 Å². The second kappa shape index (κ2) is 7.31. The van der Waals surface area contributed by atoms with Gasteiger partial charge in [-0.25, -0.2) is 0 Å². The SMILES string of the molecule is CCNC(=O)c1ccc(N)cc1N(CCCO)C1CCC1. The van der Waals surface area contributed by atoms with E-state index in [9.17, 15) is 4.79 Å². The highest BCUT2D eigenvalue weighted by atomic mass is 16.3. The number of carbonyl (C=O) groups excluding carboxylic acids is 1. The van der Waals surface area contributed by atoms with Gasteiger partial charge in [-0.15, -0.1) is 0 Å². The van der Waals surface area contributed by atoms with Crippen LogP contribution in [0.2, 0.25) is 0 Å². The van der Waals surface area contributed by atoms with Crippen LogP contribution in [0.1, 0.15) is 43.0 Å². The summed E-state index contributed by atoms with van der Waals surface area (Å²) < 4.78 is 0. The van der Waals surface area contributed by atoms with Gasteiger partial charge >= 0.3 is 0 Å². The average molecular weight is 291 g/mol. The zero-order chi connectivity index (χ0) is 15.2. The Labute approximate surface area is 126 Å². The lowest BCUT2D eigenvalue weighted by atomic mass is 9.90. The molecule has 1 aromatic carbocycles. The van der Waals surface area contributed by atoms with Crippen LogP contribution in [0.4, 0.5) is 11.4 Å². The van der Waals surface area contributed by atoms with E-state index in [4.69, 9.17) is 10.8 Å². The van der Waals surface area contributed by atoms with Crippen molar-refractivity contribution < 1.29 is 9.90 Å². The Bertz CT molecular complexity index is 486. The van der Waals surface area contributed by atoms with Crippen LogP contribution in [0.3, 0.4) is 0 Å². The van der Waals surface area contributed by atoms with Crippen LogP contribution in [0.5, 0.6) is 0 Å². The van der Waals surface area contributed by atoms with Crippen molar-refractivity contribution >= 4 is 17.3 Å². The first-order valence-electron chi connectivity index (χ1n) is 7.72. The predicted octanol–water partition coefficient (Wildman–Crippen LogP) is 1.76. The van der Waals surface area contributed by atoms with E-state index in [0.29, 0.717) is 30.3 Å². The third kappa shape index (κ3) is 3.67. The normalized spacial score (nSPS) is 14.6. The van der Waals surface area contributed by atoms with Crippen LogP contribution >= 0.6 is 0 Å². The number of rotatable bonds is 7. The number of hydrogen-bond donors (Lipinski definition) is 3. The van der Waals surface area contributed by atoms with E-state index in [-0.39, 0.29) is 12.5 Å². The molecule has 1 saturated carbocycles. The first-order chi connectivity index (χ1) is 10.2. The molecule has 0 atom stereocenters. The van der Waals surface area contributed by atoms with Crippen molar-refractivity contribution in [2.45, 2.75) is 38.6 Å². The summed E-state index contributed by atoms with van der Waals surface area (Å²) in [5.41, 5.74) is 8.13. The van der Waals surface area contributed by atoms with Crippen LogP contribution in [-0.2, 0) is 0 Å². The maximum Gasteiger partial charge on any atom is 0.253 e. The predicted molar refractivity (Wildman–Crippen MR) is 85.5 cm³/mol. The number of nitrogen functional groups attached to an aromatic ring is 1. The molecule has 21 heavy (non-hydrogen) atoms.